The minimum Gasteiger partial charge on any atom is -0.341 e. The zero-order valence-corrected chi connectivity index (χ0v) is 17.4. The first-order chi connectivity index (χ1) is 13.8. The molecule has 4 rings (SSSR count). The number of alkyl halides is 3. The van der Waals surface area contributed by atoms with Gasteiger partial charge in [-0.05, 0) is 35.9 Å². The van der Waals surface area contributed by atoms with Crippen LogP contribution in [0.2, 0.25) is 0 Å². The molecule has 0 fully saturated rings. The molecule has 3 aromatic rings. The molecule has 1 atom stereocenters. The Bertz CT molecular complexity index is 1030. The first-order valence-electron chi connectivity index (χ1n) is 9.72. The smallest absolute Gasteiger partial charge is 0.341 e. The fourth-order valence-electron chi connectivity index (χ4n) is 4.08. The summed E-state index contributed by atoms with van der Waals surface area (Å²) in [6, 6.07) is 9.44. The summed E-state index contributed by atoms with van der Waals surface area (Å²) in [5.41, 5.74) is 1.37. The van der Waals surface area contributed by atoms with Gasteiger partial charge in [0.25, 0.3) is 0 Å². The second kappa shape index (κ2) is 7.55. The summed E-state index contributed by atoms with van der Waals surface area (Å²) in [6.45, 7) is 7.53. The van der Waals surface area contributed by atoms with Crippen molar-refractivity contribution in [2.75, 3.05) is 17.2 Å². The standard InChI is InChI=1S/C21H23F3N4S/c1-4-29-15-6-5-14-11-17-19(13(2)3)28(10-9-27(17)16(14)12-15)20-25-8-7-18(26-20)21(22,23)24/h5-8,11-13,19H,4,9-10H2,1-3H3. The number of nitrogens with zero attached hydrogens (tertiary/aromatic N) is 4. The number of hydrogen-bond donors (Lipinski definition) is 0. The molecule has 1 aliphatic rings. The molecule has 0 amide bonds. The van der Waals surface area contributed by atoms with Gasteiger partial charge in [0.15, 0.2) is 0 Å². The third-order valence-corrected chi connectivity index (χ3v) is 6.12. The Morgan fingerprint density at radius 2 is 1.97 bits per heavy atom. The number of anilines is 1. The lowest BCUT2D eigenvalue weighted by atomic mass is 9.97. The topological polar surface area (TPSA) is 34.0 Å². The zero-order chi connectivity index (χ0) is 20.8. The minimum absolute atomic E-state index is 0.0955. The van der Waals surface area contributed by atoms with Crippen LogP contribution < -0.4 is 4.90 Å². The van der Waals surface area contributed by atoms with E-state index in [-0.39, 0.29) is 17.9 Å². The molecule has 29 heavy (non-hydrogen) atoms. The fraction of sp³-hybridized carbons (Fsp3) is 0.429. The summed E-state index contributed by atoms with van der Waals surface area (Å²) in [6.07, 6.45) is -3.29. The van der Waals surface area contributed by atoms with Crippen LogP contribution in [0.15, 0.2) is 41.4 Å². The first-order valence-corrected chi connectivity index (χ1v) is 10.7. The van der Waals surface area contributed by atoms with Crippen molar-refractivity contribution in [1.82, 2.24) is 14.5 Å². The number of rotatable bonds is 4. The summed E-state index contributed by atoms with van der Waals surface area (Å²) in [4.78, 5) is 11.2. The summed E-state index contributed by atoms with van der Waals surface area (Å²) in [5.74, 6) is 1.33. The van der Waals surface area contributed by atoms with E-state index in [9.17, 15) is 13.2 Å². The van der Waals surface area contributed by atoms with Crippen LogP contribution in [0.1, 0.15) is 38.2 Å². The number of halogens is 3. The Morgan fingerprint density at radius 3 is 2.66 bits per heavy atom. The largest absolute Gasteiger partial charge is 0.433 e. The van der Waals surface area contributed by atoms with Crippen LogP contribution in [0.4, 0.5) is 19.1 Å². The van der Waals surface area contributed by atoms with E-state index in [0.29, 0.717) is 13.1 Å². The highest BCUT2D eigenvalue weighted by Gasteiger charge is 2.36. The van der Waals surface area contributed by atoms with Crippen LogP contribution >= 0.6 is 11.8 Å². The number of thioether (sulfide) groups is 1. The van der Waals surface area contributed by atoms with Gasteiger partial charge in [0.1, 0.15) is 5.69 Å². The fourth-order valence-corrected chi connectivity index (χ4v) is 4.78. The highest BCUT2D eigenvalue weighted by molar-refractivity contribution is 7.99. The van der Waals surface area contributed by atoms with E-state index in [1.165, 1.54) is 16.6 Å². The predicted molar refractivity (Wildman–Crippen MR) is 110 cm³/mol. The van der Waals surface area contributed by atoms with Gasteiger partial charge in [-0.25, -0.2) is 9.97 Å². The maximum absolute atomic E-state index is 13.2. The summed E-state index contributed by atoms with van der Waals surface area (Å²) in [5, 5.41) is 1.15. The van der Waals surface area contributed by atoms with E-state index in [1.54, 1.807) is 11.8 Å². The third-order valence-electron chi connectivity index (χ3n) is 5.24. The van der Waals surface area contributed by atoms with Crippen molar-refractivity contribution in [3.63, 3.8) is 0 Å². The van der Waals surface area contributed by atoms with Gasteiger partial charge in [-0.3, -0.25) is 0 Å². The molecule has 0 spiro atoms. The molecule has 1 aliphatic heterocycles. The van der Waals surface area contributed by atoms with E-state index in [1.807, 2.05) is 4.90 Å². The van der Waals surface area contributed by atoms with E-state index in [0.717, 1.165) is 22.9 Å². The van der Waals surface area contributed by atoms with Crippen molar-refractivity contribution in [2.24, 2.45) is 5.92 Å². The Balaban J connectivity index is 1.79. The minimum atomic E-state index is -4.48. The van der Waals surface area contributed by atoms with Gasteiger partial charge in [-0.15, -0.1) is 11.8 Å². The quantitative estimate of drug-likeness (QED) is 0.501. The number of aromatic nitrogens is 3. The second-order valence-corrected chi connectivity index (χ2v) is 8.83. The molecule has 0 radical (unpaired) electrons. The lowest BCUT2D eigenvalue weighted by Gasteiger charge is -2.39. The molecule has 0 aliphatic carbocycles. The summed E-state index contributed by atoms with van der Waals surface area (Å²) >= 11 is 1.80. The molecule has 0 bridgehead atoms. The molecule has 154 valence electrons. The predicted octanol–water partition coefficient (Wildman–Crippen LogP) is 5.78. The molecule has 8 heteroatoms. The monoisotopic (exact) mass is 420 g/mol. The van der Waals surface area contributed by atoms with Crippen LogP contribution in [0.5, 0.6) is 0 Å². The van der Waals surface area contributed by atoms with Crippen LogP contribution in [0, 0.1) is 5.92 Å². The van der Waals surface area contributed by atoms with Crippen molar-refractivity contribution in [3.8, 4) is 0 Å². The van der Waals surface area contributed by atoms with E-state index < -0.39 is 11.9 Å². The highest BCUT2D eigenvalue weighted by Crippen LogP contribution is 2.39. The molecule has 1 unspecified atom stereocenters. The van der Waals surface area contributed by atoms with Gasteiger partial charge in [0, 0.05) is 40.8 Å². The molecule has 0 saturated carbocycles. The molecular weight excluding hydrogens is 397 g/mol. The Hall–Kier alpha value is -2.22. The van der Waals surface area contributed by atoms with Crippen LogP contribution in [0.25, 0.3) is 10.9 Å². The molecule has 2 aromatic heterocycles. The Morgan fingerprint density at radius 1 is 1.17 bits per heavy atom. The van der Waals surface area contributed by atoms with Crippen molar-refractivity contribution < 1.29 is 13.2 Å². The van der Waals surface area contributed by atoms with E-state index in [4.69, 9.17) is 0 Å². The van der Waals surface area contributed by atoms with Crippen LogP contribution in [-0.4, -0.2) is 26.8 Å². The normalized spacial score (nSPS) is 17.2. The number of benzene rings is 1. The Kier molecular flexibility index (Phi) is 5.23. The first kappa shape index (κ1) is 20.1. The SMILES string of the molecule is CCSc1ccc2cc3n(c2c1)CCN(c1nccc(C(F)(F)F)n1)C3C(C)C. The van der Waals surface area contributed by atoms with Gasteiger partial charge < -0.3 is 9.47 Å². The van der Waals surface area contributed by atoms with Gasteiger partial charge in [-0.1, -0.05) is 26.8 Å². The van der Waals surface area contributed by atoms with Gasteiger partial charge in [0.2, 0.25) is 5.95 Å². The maximum Gasteiger partial charge on any atom is 0.433 e. The maximum atomic E-state index is 13.2. The van der Waals surface area contributed by atoms with Crippen LogP contribution in [0.3, 0.4) is 0 Å². The molecule has 4 nitrogen and oxygen atoms in total. The molecule has 3 heterocycles. The molecular formula is C21H23F3N4S. The number of fused-ring (bicyclic) bond motifs is 3. The van der Waals surface area contributed by atoms with Crippen molar-refractivity contribution >= 4 is 28.6 Å². The summed E-state index contributed by atoms with van der Waals surface area (Å²) in [7, 11) is 0. The third kappa shape index (κ3) is 3.70. The van der Waals surface area contributed by atoms with E-state index in [2.05, 4.69) is 59.6 Å². The van der Waals surface area contributed by atoms with Gasteiger partial charge in [0.05, 0.1) is 6.04 Å². The molecule has 0 saturated heterocycles. The van der Waals surface area contributed by atoms with Crippen molar-refractivity contribution in [2.45, 2.75) is 44.4 Å². The Labute approximate surface area is 172 Å². The molecule has 1 aromatic carbocycles. The second-order valence-electron chi connectivity index (χ2n) is 7.50. The lowest BCUT2D eigenvalue weighted by Crippen LogP contribution is -2.41. The molecule has 0 N–H and O–H groups in total. The van der Waals surface area contributed by atoms with Gasteiger partial charge in [-0.2, -0.15) is 13.2 Å². The van der Waals surface area contributed by atoms with Crippen molar-refractivity contribution in [1.29, 1.82) is 0 Å². The lowest BCUT2D eigenvalue weighted by molar-refractivity contribution is -0.141. The average Bonchev–Trinajstić information content (AvgIpc) is 3.04. The average molecular weight is 421 g/mol. The van der Waals surface area contributed by atoms with Crippen molar-refractivity contribution in [3.05, 3.63) is 47.9 Å². The van der Waals surface area contributed by atoms with E-state index >= 15 is 0 Å². The zero-order valence-electron chi connectivity index (χ0n) is 16.6. The number of hydrogen-bond acceptors (Lipinski definition) is 4. The summed E-state index contributed by atoms with van der Waals surface area (Å²) < 4.78 is 41.8. The van der Waals surface area contributed by atoms with Gasteiger partial charge >= 0.3 is 6.18 Å². The highest BCUT2D eigenvalue weighted by atomic mass is 32.2. The van der Waals surface area contributed by atoms with Crippen LogP contribution in [-0.2, 0) is 12.7 Å².